The van der Waals surface area contributed by atoms with Crippen LogP contribution in [0.5, 0.6) is 0 Å². The molecule has 0 bridgehead atoms. The number of aromatic nitrogens is 2. The van der Waals surface area contributed by atoms with Gasteiger partial charge in [0.15, 0.2) is 0 Å². The molecule has 2 saturated heterocycles. The summed E-state index contributed by atoms with van der Waals surface area (Å²) in [4.78, 5) is 48.8. The number of aromatic amines is 1. The topological polar surface area (TPSA) is 120 Å². The second kappa shape index (κ2) is 13.3. The highest BCUT2D eigenvalue weighted by atomic mass is 79.9. The van der Waals surface area contributed by atoms with Crippen molar-refractivity contribution in [2.45, 2.75) is 31.3 Å². The Labute approximate surface area is 276 Å². The van der Waals surface area contributed by atoms with Crippen molar-refractivity contribution in [3.05, 3.63) is 91.5 Å². The van der Waals surface area contributed by atoms with Crippen LogP contribution >= 0.6 is 31.9 Å². The van der Waals surface area contributed by atoms with E-state index in [2.05, 4.69) is 47.1 Å². The van der Waals surface area contributed by atoms with Crippen LogP contribution < -0.4 is 21.6 Å². The molecule has 1 aromatic heterocycles. The fourth-order valence-corrected chi connectivity index (χ4v) is 7.53. The fourth-order valence-electron chi connectivity index (χ4n) is 6.25. The maximum Gasteiger partial charge on any atom is 0.326 e. The molecule has 0 spiro atoms. The summed E-state index contributed by atoms with van der Waals surface area (Å²) >= 11 is 6.98. The van der Waals surface area contributed by atoms with Gasteiger partial charge >= 0.3 is 11.7 Å². The van der Waals surface area contributed by atoms with Crippen LogP contribution in [0.1, 0.15) is 24.4 Å². The van der Waals surface area contributed by atoms with E-state index < -0.39 is 6.04 Å². The number of halogens is 3. The third-order valence-electron chi connectivity index (χ3n) is 8.70. The first-order chi connectivity index (χ1) is 21.7. The number of H-pyrrole nitrogens is 1. The highest BCUT2D eigenvalue weighted by Gasteiger charge is 2.32. The summed E-state index contributed by atoms with van der Waals surface area (Å²) in [5.74, 6) is -0.449. The van der Waals surface area contributed by atoms with E-state index in [1.54, 1.807) is 26.5 Å². The summed E-state index contributed by atoms with van der Waals surface area (Å²) in [6.07, 6.45) is 1.52. The molecule has 4 N–H and O–H groups in total. The van der Waals surface area contributed by atoms with Crippen LogP contribution in [0, 0.1) is 5.82 Å². The molecule has 2 aliphatic rings. The molecule has 3 aromatic carbocycles. The minimum atomic E-state index is -0.800. The molecular formula is C32H34Br2FN7O3. The Morgan fingerprint density at radius 1 is 0.933 bits per heavy atom. The van der Waals surface area contributed by atoms with E-state index in [0.29, 0.717) is 66.7 Å². The number of nitrogens with one attached hydrogen (secondary N) is 2. The van der Waals surface area contributed by atoms with E-state index >= 15 is 0 Å². The van der Waals surface area contributed by atoms with Gasteiger partial charge in [-0.25, -0.2) is 14.0 Å². The van der Waals surface area contributed by atoms with Crippen LogP contribution in [0.2, 0.25) is 0 Å². The standard InChI is InChI=1S/C32H34Br2FN7O3/c33-24-17-20(18-25(34)29(24)36)19-27(30(43)40-15-13-39(14-16-40)22-7-5-21(35)6-8-22)38-31(44)41-11-9-23(10-12-41)42-28-4-2-1-3-26(28)37-32(42)45/h1-8,17-18,23,27H,9-16,19,36H2,(H,37,45)(H,38,44)/t27-/m1/s1. The van der Waals surface area contributed by atoms with Crippen LogP contribution in [-0.2, 0) is 11.2 Å². The number of piperidine rings is 1. The first-order valence-electron chi connectivity index (χ1n) is 15.0. The van der Waals surface area contributed by atoms with Crippen LogP contribution in [0.3, 0.4) is 0 Å². The van der Waals surface area contributed by atoms with Crippen molar-refractivity contribution in [1.82, 2.24) is 24.7 Å². The maximum absolute atomic E-state index is 13.9. The normalized spacial score (nSPS) is 16.6. The van der Waals surface area contributed by atoms with E-state index in [1.165, 1.54) is 12.1 Å². The van der Waals surface area contributed by atoms with E-state index in [-0.39, 0.29) is 35.9 Å². The molecule has 0 unspecified atom stereocenters. The number of benzene rings is 3. The molecule has 1 atom stereocenters. The predicted octanol–water partition coefficient (Wildman–Crippen LogP) is 4.88. The lowest BCUT2D eigenvalue weighted by Gasteiger charge is -2.38. The number of para-hydroxylation sites is 2. The van der Waals surface area contributed by atoms with Gasteiger partial charge in [-0.2, -0.15) is 0 Å². The van der Waals surface area contributed by atoms with E-state index in [4.69, 9.17) is 5.73 Å². The summed E-state index contributed by atoms with van der Waals surface area (Å²) < 4.78 is 16.6. The third-order valence-corrected chi connectivity index (χ3v) is 10.0. The molecule has 2 fully saturated rings. The lowest BCUT2D eigenvalue weighted by Crippen LogP contribution is -2.57. The Morgan fingerprint density at radius 2 is 1.58 bits per heavy atom. The highest BCUT2D eigenvalue weighted by molar-refractivity contribution is 9.11. The van der Waals surface area contributed by atoms with Crippen molar-refractivity contribution in [2.24, 2.45) is 0 Å². The second-order valence-electron chi connectivity index (χ2n) is 11.5. The summed E-state index contributed by atoms with van der Waals surface area (Å²) in [5, 5.41) is 3.03. The molecule has 45 heavy (non-hydrogen) atoms. The van der Waals surface area contributed by atoms with Gasteiger partial charge in [-0.05, 0) is 98.8 Å². The Hall–Kier alpha value is -3.84. The van der Waals surface area contributed by atoms with E-state index in [9.17, 15) is 18.8 Å². The fraction of sp³-hybridized carbons (Fsp3) is 0.344. The first kappa shape index (κ1) is 31.2. The number of nitrogens with zero attached hydrogens (tertiary/aromatic N) is 4. The molecule has 3 heterocycles. The third kappa shape index (κ3) is 6.74. The van der Waals surface area contributed by atoms with Crippen molar-refractivity contribution < 1.29 is 14.0 Å². The van der Waals surface area contributed by atoms with Crippen LogP contribution in [0.4, 0.5) is 20.6 Å². The van der Waals surface area contributed by atoms with Gasteiger partial charge in [0.2, 0.25) is 5.91 Å². The lowest BCUT2D eigenvalue weighted by molar-refractivity contribution is -0.133. The van der Waals surface area contributed by atoms with Gasteiger partial charge in [0.1, 0.15) is 11.9 Å². The van der Waals surface area contributed by atoms with Crippen molar-refractivity contribution >= 4 is 66.2 Å². The highest BCUT2D eigenvalue weighted by Crippen LogP contribution is 2.30. The zero-order chi connectivity index (χ0) is 31.7. The number of fused-ring (bicyclic) bond motifs is 1. The zero-order valence-electron chi connectivity index (χ0n) is 24.5. The number of hydrogen-bond acceptors (Lipinski definition) is 5. The number of piperazine rings is 1. The van der Waals surface area contributed by atoms with Gasteiger partial charge in [0, 0.05) is 66.4 Å². The molecule has 2 aliphatic heterocycles. The number of amides is 3. The molecule has 236 valence electrons. The molecule has 0 aliphatic carbocycles. The van der Waals surface area contributed by atoms with Gasteiger partial charge in [-0.1, -0.05) is 12.1 Å². The van der Waals surface area contributed by atoms with Crippen molar-refractivity contribution in [1.29, 1.82) is 0 Å². The Bertz CT molecular complexity index is 1740. The number of nitrogen functional groups attached to an aromatic ring is 1. The van der Waals surface area contributed by atoms with Crippen molar-refractivity contribution in [3.63, 3.8) is 0 Å². The monoisotopic (exact) mass is 741 g/mol. The molecule has 3 amide bonds. The number of likely N-dealkylation sites (tertiary alicyclic amines) is 1. The maximum atomic E-state index is 13.9. The number of imidazole rings is 1. The summed E-state index contributed by atoms with van der Waals surface area (Å²) in [6, 6.07) is 16.5. The molecule has 4 aromatic rings. The number of hydrogen-bond donors (Lipinski definition) is 3. The van der Waals surface area contributed by atoms with Gasteiger partial charge in [0.05, 0.1) is 16.7 Å². The number of urea groups is 1. The van der Waals surface area contributed by atoms with E-state index in [0.717, 1.165) is 22.3 Å². The van der Waals surface area contributed by atoms with Crippen LogP contribution in [-0.4, -0.2) is 76.6 Å². The van der Waals surface area contributed by atoms with Crippen molar-refractivity contribution in [3.8, 4) is 0 Å². The largest absolute Gasteiger partial charge is 0.397 e. The van der Waals surface area contributed by atoms with Gasteiger partial charge in [-0.3, -0.25) is 9.36 Å². The van der Waals surface area contributed by atoms with Crippen LogP contribution in [0.15, 0.2) is 74.4 Å². The molecular weight excluding hydrogens is 709 g/mol. The number of anilines is 2. The number of carbonyl (C=O) groups is 2. The summed E-state index contributed by atoms with van der Waals surface area (Å²) in [6.45, 7) is 3.05. The summed E-state index contributed by atoms with van der Waals surface area (Å²) in [5.41, 5.74) is 9.90. The SMILES string of the molecule is Nc1c(Br)cc(C[C@@H](NC(=O)N2CCC(n3c(=O)[nH]c4ccccc43)CC2)C(=O)N2CCN(c3ccc(F)cc3)CC2)cc1Br. The second-order valence-corrected chi connectivity index (χ2v) is 13.2. The average molecular weight is 743 g/mol. The lowest BCUT2D eigenvalue weighted by atomic mass is 10.0. The molecule has 0 saturated carbocycles. The zero-order valence-corrected chi connectivity index (χ0v) is 27.7. The predicted molar refractivity (Wildman–Crippen MR) is 180 cm³/mol. The minimum absolute atomic E-state index is 0.0305. The average Bonchev–Trinajstić information content (AvgIpc) is 3.39. The first-order valence-corrected chi connectivity index (χ1v) is 16.5. The Kier molecular flexibility index (Phi) is 9.18. The molecule has 6 rings (SSSR count). The molecule has 10 nitrogen and oxygen atoms in total. The number of nitrogens with two attached hydrogens (primary N) is 1. The van der Waals surface area contributed by atoms with Gasteiger partial charge in [0.25, 0.3) is 0 Å². The van der Waals surface area contributed by atoms with Crippen LogP contribution in [0.25, 0.3) is 11.0 Å². The smallest absolute Gasteiger partial charge is 0.326 e. The van der Waals surface area contributed by atoms with Gasteiger partial charge in [-0.15, -0.1) is 0 Å². The quantitative estimate of drug-likeness (QED) is 0.244. The molecule has 13 heteroatoms. The number of rotatable bonds is 6. The minimum Gasteiger partial charge on any atom is -0.397 e. The van der Waals surface area contributed by atoms with Gasteiger partial charge < -0.3 is 30.7 Å². The number of carbonyl (C=O) groups excluding carboxylic acids is 2. The Morgan fingerprint density at radius 3 is 2.24 bits per heavy atom. The van der Waals surface area contributed by atoms with E-state index in [1.807, 2.05) is 36.4 Å². The Balaban J connectivity index is 1.14. The summed E-state index contributed by atoms with van der Waals surface area (Å²) in [7, 11) is 0. The van der Waals surface area contributed by atoms with Crippen molar-refractivity contribution in [2.75, 3.05) is 49.9 Å². The molecule has 0 radical (unpaired) electrons.